The van der Waals surface area contributed by atoms with E-state index in [-0.39, 0.29) is 0 Å². The molecule has 182 valence electrons. The Morgan fingerprint density at radius 2 is 0.872 bits per heavy atom. The second-order valence-corrected chi connectivity index (χ2v) is 10.3. The van der Waals surface area contributed by atoms with Gasteiger partial charge in [0, 0.05) is 43.5 Å². The van der Waals surface area contributed by atoms with E-state index in [0.29, 0.717) is 0 Å². The highest BCUT2D eigenvalue weighted by Gasteiger charge is 2.17. The molecule has 0 aliphatic heterocycles. The maximum absolute atomic E-state index is 3.78. The normalized spacial score (nSPS) is 12.1. The van der Waals surface area contributed by atoms with Crippen molar-refractivity contribution in [2.24, 2.45) is 0 Å². The van der Waals surface area contributed by atoms with Crippen molar-refractivity contribution in [3.8, 4) is 11.4 Å². The van der Waals surface area contributed by atoms with E-state index in [4.69, 9.17) is 0 Å². The van der Waals surface area contributed by atoms with E-state index in [1.54, 1.807) is 0 Å². The lowest BCUT2D eigenvalue weighted by Gasteiger charge is -2.09. The zero-order valence-corrected chi connectivity index (χ0v) is 21.1. The van der Waals surface area contributed by atoms with Crippen LogP contribution in [0.4, 0.5) is 0 Å². The van der Waals surface area contributed by atoms with Crippen molar-refractivity contribution in [2.75, 3.05) is 0 Å². The maximum atomic E-state index is 3.78. The van der Waals surface area contributed by atoms with E-state index in [2.05, 4.69) is 148 Å². The third kappa shape index (κ3) is 2.76. The summed E-state index contributed by atoms with van der Waals surface area (Å²) in [5.41, 5.74) is 9.52. The van der Waals surface area contributed by atoms with Gasteiger partial charge in [0.25, 0.3) is 0 Å². The van der Waals surface area contributed by atoms with Crippen molar-refractivity contribution in [2.45, 2.75) is 0 Å². The van der Waals surface area contributed by atoms with E-state index < -0.39 is 0 Å². The first kappa shape index (κ1) is 20.7. The third-order valence-electron chi connectivity index (χ3n) is 8.25. The first-order chi connectivity index (χ1) is 19.4. The molecule has 0 saturated carbocycles. The fraction of sp³-hybridized carbons (Fsp3) is 0. The molecule has 3 aromatic heterocycles. The molecule has 0 saturated heterocycles. The van der Waals surface area contributed by atoms with Gasteiger partial charge in [0.05, 0.1) is 33.3 Å². The first-order valence-electron chi connectivity index (χ1n) is 13.4. The number of fused-ring (bicyclic) bond motifs is 9. The first-order valence-corrected chi connectivity index (χ1v) is 13.4. The summed E-state index contributed by atoms with van der Waals surface area (Å²) >= 11 is 0. The number of benzene rings is 6. The Kier molecular flexibility index (Phi) is 4.05. The van der Waals surface area contributed by atoms with E-state index >= 15 is 0 Å². The van der Waals surface area contributed by atoms with Crippen LogP contribution in [0.15, 0.2) is 133 Å². The van der Waals surface area contributed by atoms with Gasteiger partial charge >= 0.3 is 0 Å². The second-order valence-electron chi connectivity index (χ2n) is 10.3. The van der Waals surface area contributed by atoms with Crippen LogP contribution in [0, 0.1) is 0 Å². The topological polar surface area (TPSA) is 25.6 Å². The van der Waals surface area contributed by atoms with E-state index in [1.807, 2.05) is 0 Å². The van der Waals surface area contributed by atoms with E-state index in [1.165, 1.54) is 65.8 Å². The van der Waals surface area contributed by atoms with Crippen LogP contribution in [0.1, 0.15) is 0 Å². The molecular weight excluding hydrogens is 474 g/mol. The molecule has 3 heterocycles. The highest BCUT2D eigenvalue weighted by Crippen LogP contribution is 2.38. The molecule has 0 amide bonds. The minimum atomic E-state index is 1.14. The Labute approximate surface area is 224 Å². The molecule has 0 radical (unpaired) electrons. The van der Waals surface area contributed by atoms with Gasteiger partial charge in [0.2, 0.25) is 0 Å². The summed E-state index contributed by atoms with van der Waals surface area (Å²) in [6, 6.07) is 48.2. The van der Waals surface area contributed by atoms with Crippen LogP contribution in [0.3, 0.4) is 0 Å². The molecule has 9 aromatic rings. The third-order valence-corrected chi connectivity index (χ3v) is 8.25. The molecule has 1 N–H and O–H groups in total. The number of aromatic amines is 1. The second kappa shape index (κ2) is 7.62. The minimum Gasteiger partial charge on any atom is -0.353 e. The Bertz CT molecular complexity index is 2290. The Morgan fingerprint density at radius 1 is 0.385 bits per heavy atom. The molecule has 0 unspecified atom stereocenters. The molecule has 0 aliphatic rings. The number of nitrogens with zero attached hydrogens (tertiary/aromatic N) is 2. The van der Waals surface area contributed by atoms with Gasteiger partial charge in [-0.25, -0.2) is 0 Å². The van der Waals surface area contributed by atoms with Crippen LogP contribution in [0.5, 0.6) is 0 Å². The number of aromatic nitrogens is 3. The van der Waals surface area contributed by atoms with Gasteiger partial charge in [-0.1, -0.05) is 84.9 Å². The predicted octanol–water partition coefficient (Wildman–Crippen LogP) is 9.52. The lowest BCUT2D eigenvalue weighted by molar-refractivity contribution is 1.18. The summed E-state index contributed by atoms with van der Waals surface area (Å²) in [7, 11) is 0. The van der Waals surface area contributed by atoms with E-state index in [0.717, 1.165) is 11.0 Å². The van der Waals surface area contributed by atoms with Crippen molar-refractivity contribution >= 4 is 65.4 Å². The zero-order chi connectivity index (χ0) is 25.5. The summed E-state index contributed by atoms with van der Waals surface area (Å²) in [6.07, 6.45) is 0. The van der Waals surface area contributed by atoms with Crippen LogP contribution < -0.4 is 0 Å². The lowest BCUT2D eigenvalue weighted by Crippen LogP contribution is -1.94. The minimum absolute atomic E-state index is 1.14. The summed E-state index contributed by atoms with van der Waals surface area (Å²) in [5, 5.41) is 7.56. The Hall–Kier alpha value is -5.28. The Morgan fingerprint density at radius 3 is 1.44 bits per heavy atom. The largest absolute Gasteiger partial charge is 0.353 e. The Balaban J connectivity index is 1.34. The van der Waals surface area contributed by atoms with Gasteiger partial charge in [-0.2, -0.15) is 0 Å². The van der Waals surface area contributed by atoms with Gasteiger partial charge in [0.1, 0.15) is 0 Å². The number of hydrogen-bond donors (Lipinski definition) is 1. The molecule has 6 aromatic carbocycles. The molecule has 9 rings (SSSR count). The number of hydrogen-bond acceptors (Lipinski definition) is 0. The molecule has 3 heteroatoms. The van der Waals surface area contributed by atoms with Crippen LogP contribution in [-0.2, 0) is 0 Å². The molecular formula is C36H23N3. The van der Waals surface area contributed by atoms with Crippen molar-refractivity contribution in [3.05, 3.63) is 133 Å². The smallest absolute Gasteiger partial charge is 0.0709 e. The number of para-hydroxylation sites is 5. The SMILES string of the molecule is c1cc(-n2c3ccccc3c3ccccc32)c2[nH]c3ccc(-n4c5ccccc5c5ccccc54)cc3c2c1. The molecule has 39 heavy (non-hydrogen) atoms. The van der Waals surface area contributed by atoms with Crippen molar-refractivity contribution < 1.29 is 0 Å². The average Bonchev–Trinajstić information content (AvgIpc) is 3.65. The summed E-state index contributed by atoms with van der Waals surface area (Å²) in [5.74, 6) is 0. The van der Waals surface area contributed by atoms with Crippen molar-refractivity contribution in [1.82, 2.24) is 14.1 Å². The molecule has 0 fully saturated rings. The summed E-state index contributed by atoms with van der Waals surface area (Å²) < 4.78 is 4.79. The van der Waals surface area contributed by atoms with Crippen molar-refractivity contribution in [3.63, 3.8) is 0 Å². The van der Waals surface area contributed by atoms with Crippen LogP contribution >= 0.6 is 0 Å². The van der Waals surface area contributed by atoms with Gasteiger partial charge in [-0.15, -0.1) is 0 Å². The molecule has 0 atom stereocenters. The molecule has 0 bridgehead atoms. The fourth-order valence-corrected chi connectivity index (χ4v) is 6.60. The van der Waals surface area contributed by atoms with Crippen LogP contribution in [0.2, 0.25) is 0 Å². The van der Waals surface area contributed by atoms with Gasteiger partial charge in [0.15, 0.2) is 0 Å². The standard InChI is InChI=1S/C36H23N3/c1-5-15-31-24(10-1)25-11-2-6-16-32(25)38(31)23-20-21-30-29(22-23)28-14-9-19-35(36(28)37-30)39-33-17-7-3-12-26(33)27-13-4-8-18-34(27)39/h1-22,37H. The number of H-pyrrole nitrogens is 1. The number of nitrogens with one attached hydrogen (secondary N) is 1. The predicted molar refractivity (Wildman–Crippen MR) is 164 cm³/mol. The average molecular weight is 498 g/mol. The quantitative estimate of drug-likeness (QED) is 0.246. The highest BCUT2D eigenvalue weighted by molar-refractivity contribution is 6.15. The highest BCUT2D eigenvalue weighted by atomic mass is 15.0. The molecule has 0 aliphatic carbocycles. The van der Waals surface area contributed by atoms with Gasteiger partial charge in [-0.3, -0.25) is 0 Å². The lowest BCUT2D eigenvalue weighted by atomic mass is 10.1. The van der Waals surface area contributed by atoms with Gasteiger partial charge < -0.3 is 14.1 Å². The maximum Gasteiger partial charge on any atom is 0.0709 e. The van der Waals surface area contributed by atoms with Crippen LogP contribution in [0.25, 0.3) is 76.8 Å². The van der Waals surface area contributed by atoms with Crippen molar-refractivity contribution in [1.29, 1.82) is 0 Å². The van der Waals surface area contributed by atoms with Gasteiger partial charge in [-0.05, 0) is 48.5 Å². The van der Waals surface area contributed by atoms with E-state index in [9.17, 15) is 0 Å². The molecule has 0 spiro atoms. The van der Waals surface area contributed by atoms with Crippen LogP contribution in [-0.4, -0.2) is 14.1 Å². The summed E-state index contributed by atoms with van der Waals surface area (Å²) in [4.78, 5) is 3.78. The summed E-state index contributed by atoms with van der Waals surface area (Å²) in [6.45, 7) is 0. The number of rotatable bonds is 2. The zero-order valence-electron chi connectivity index (χ0n) is 21.1. The molecule has 3 nitrogen and oxygen atoms in total. The monoisotopic (exact) mass is 497 g/mol. The fourth-order valence-electron chi connectivity index (χ4n) is 6.60.